The summed E-state index contributed by atoms with van der Waals surface area (Å²) in [6, 6.07) is 4.90. The molecular weight excluding hydrogens is 316 g/mol. The molecule has 3 rings (SSSR count). The summed E-state index contributed by atoms with van der Waals surface area (Å²) in [5, 5.41) is 2.80. The van der Waals surface area contributed by atoms with Gasteiger partial charge < -0.3 is 15.0 Å². The number of halogens is 2. The van der Waals surface area contributed by atoms with Crippen LogP contribution in [0.1, 0.15) is 12.0 Å². The zero-order valence-electron chi connectivity index (χ0n) is 13.5. The van der Waals surface area contributed by atoms with Crippen molar-refractivity contribution in [2.45, 2.75) is 26.0 Å². The number of nitrogens with zero attached hydrogens (tertiary/aromatic N) is 2. The Morgan fingerprint density at radius 1 is 1.33 bits per heavy atom. The van der Waals surface area contributed by atoms with Crippen LogP contribution in [0, 0.1) is 6.92 Å². The first-order chi connectivity index (χ1) is 11.5. The molecule has 5 nitrogen and oxygen atoms in total. The van der Waals surface area contributed by atoms with Crippen LogP contribution >= 0.6 is 0 Å². The number of ether oxygens (including phenoxy) is 1. The Morgan fingerprint density at radius 3 is 2.79 bits per heavy atom. The Morgan fingerprint density at radius 2 is 2.08 bits per heavy atom. The number of carbonyl (C=O) groups excluding carboxylic acids is 1. The van der Waals surface area contributed by atoms with E-state index in [1.54, 1.807) is 24.0 Å². The number of likely N-dealkylation sites (tertiary alicyclic amines) is 1. The minimum Gasteiger partial charge on any atom is -0.434 e. The SMILES string of the molecule is Cc1c(NC(=O)N2CC[C@H](N3CC=CC3)C2)cccc1OC(F)F. The lowest BCUT2D eigenvalue weighted by Crippen LogP contribution is -2.39. The summed E-state index contributed by atoms with van der Waals surface area (Å²) >= 11 is 0. The van der Waals surface area contributed by atoms with Crippen LogP contribution < -0.4 is 10.1 Å². The second-order valence-corrected chi connectivity index (χ2v) is 6.05. The molecule has 1 fully saturated rings. The zero-order chi connectivity index (χ0) is 17.1. The van der Waals surface area contributed by atoms with Gasteiger partial charge in [0.15, 0.2) is 0 Å². The molecule has 2 amide bonds. The van der Waals surface area contributed by atoms with Gasteiger partial charge in [0.05, 0.1) is 0 Å². The number of alkyl halides is 2. The maximum atomic E-state index is 12.5. The predicted octanol–water partition coefficient (Wildman–Crippen LogP) is 3.07. The van der Waals surface area contributed by atoms with E-state index in [1.165, 1.54) is 6.07 Å². The standard InChI is InChI=1S/C17H21F2N3O2/c1-12-14(5-4-6-15(12)24-16(18)19)20-17(23)22-10-7-13(11-22)21-8-2-3-9-21/h2-6,13,16H,7-11H2,1H3,(H,20,23)/t13-/m0/s1. The van der Waals surface area contributed by atoms with E-state index in [9.17, 15) is 13.6 Å². The fraction of sp³-hybridized carbons (Fsp3) is 0.471. The van der Waals surface area contributed by atoms with E-state index in [4.69, 9.17) is 0 Å². The summed E-state index contributed by atoms with van der Waals surface area (Å²) in [6.07, 6.45) is 5.23. The molecule has 130 valence electrons. The van der Waals surface area contributed by atoms with Gasteiger partial charge in [0.25, 0.3) is 0 Å². The van der Waals surface area contributed by atoms with Crippen molar-refractivity contribution in [1.29, 1.82) is 0 Å². The van der Waals surface area contributed by atoms with Crippen LogP contribution in [0.2, 0.25) is 0 Å². The van der Waals surface area contributed by atoms with Gasteiger partial charge in [-0.1, -0.05) is 18.2 Å². The number of carbonyl (C=O) groups is 1. The van der Waals surface area contributed by atoms with Crippen molar-refractivity contribution in [3.05, 3.63) is 35.9 Å². The third kappa shape index (κ3) is 3.67. The van der Waals surface area contributed by atoms with Crippen molar-refractivity contribution < 1.29 is 18.3 Å². The lowest BCUT2D eigenvalue weighted by Gasteiger charge is -2.24. The third-order valence-corrected chi connectivity index (χ3v) is 4.56. The molecule has 1 aromatic rings. The first-order valence-electron chi connectivity index (χ1n) is 8.04. The molecule has 0 radical (unpaired) electrons. The Kier molecular flexibility index (Phi) is 4.99. The molecule has 0 aliphatic carbocycles. The van der Waals surface area contributed by atoms with Gasteiger partial charge in [0.1, 0.15) is 5.75 Å². The van der Waals surface area contributed by atoms with Gasteiger partial charge in [0.2, 0.25) is 0 Å². The van der Waals surface area contributed by atoms with Gasteiger partial charge in [-0.05, 0) is 25.5 Å². The highest BCUT2D eigenvalue weighted by molar-refractivity contribution is 5.90. The fourth-order valence-corrected chi connectivity index (χ4v) is 3.18. The van der Waals surface area contributed by atoms with Crippen molar-refractivity contribution in [1.82, 2.24) is 9.80 Å². The van der Waals surface area contributed by atoms with E-state index < -0.39 is 6.61 Å². The summed E-state index contributed by atoms with van der Waals surface area (Å²) in [6.45, 7) is 2.01. The van der Waals surface area contributed by atoms with Crippen molar-refractivity contribution >= 4 is 11.7 Å². The van der Waals surface area contributed by atoms with Gasteiger partial charge in [-0.3, -0.25) is 4.90 Å². The van der Waals surface area contributed by atoms with Crippen molar-refractivity contribution in [3.8, 4) is 5.75 Å². The van der Waals surface area contributed by atoms with Crippen molar-refractivity contribution in [2.24, 2.45) is 0 Å². The monoisotopic (exact) mass is 337 g/mol. The number of urea groups is 1. The molecule has 24 heavy (non-hydrogen) atoms. The van der Waals surface area contributed by atoms with Gasteiger partial charge >= 0.3 is 12.6 Å². The van der Waals surface area contributed by atoms with Crippen LogP contribution in [-0.2, 0) is 0 Å². The maximum Gasteiger partial charge on any atom is 0.387 e. The highest BCUT2D eigenvalue weighted by Gasteiger charge is 2.30. The summed E-state index contributed by atoms with van der Waals surface area (Å²) in [4.78, 5) is 16.6. The molecule has 7 heteroatoms. The van der Waals surface area contributed by atoms with E-state index in [0.717, 1.165) is 19.5 Å². The Bertz CT molecular complexity index is 628. The van der Waals surface area contributed by atoms with Crippen LogP contribution in [0.3, 0.4) is 0 Å². The molecule has 1 saturated heterocycles. The average Bonchev–Trinajstić information content (AvgIpc) is 3.21. The van der Waals surface area contributed by atoms with E-state index in [-0.39, 0.29) is 11.8 Å². The quantitative estimate of drug-likeness (QED) is 0.859. The van der Waals surface area contributed by atoms with Gasteiger partial charge in [-0.15, -0.1) is 0 Å². The van der Waals surface area contributed by atoms with Gasteiger partial charge in [-0.25, -0.2) is 4.79 Å². The number of hydrogen-bond acceptors (Lipinski definition) is 3. The van der Waals surface area contributed by atoms with Crippen molar-refractivity contribution in [3.63, 3.8) is 0 Å². The summed E-state index contributed by atoms with van der Waals surface area (Å²) in [5.74, 6) is 0.0743. The van der Waals surface area contributed by atoms with Gasteiger partial charge in [-0.2, -0.15) is 8.78 Å². The van der Waals surface area contributed by atoms with Crippen LogP contribution in [0.15, 0.2) is 30.4 Å². The lowest BCUT2D eigenvalue weighted by atomic mass is 10.2. The van der Waals surface area contributed by atoms with Crippen LogP contribution in [0.25, 0.3) is 0 Å². The minimum atomic E-state index is -2.89. The summed E-state index contributed by atoms with van der Waals surface area (Å²) < 4.78 is 29.3. The fourth-order valence-electron chi connectivity index (χ4n) is 3.18. The maximum absolute atomic E-state index is 12.5. The lowest BCUT2D eigenvalue weighted by molar-refractivity contribution is -0.0502. The minimum absolute atomic E-state index is 0.0743. The molecule has 1 N–H and O–H groups in total. The predicted molar refractivity (Wildman–Crippen MR) is 87.5 cm³/mol. The molecule has 0 spiro atoms. The van der Waals surface area contributed by atoms with Crippen molar-refractivity contribution in [2.75, 3.05) is 31.5 Å². The van der Waals surface area contributed by atoms with Gasteiger partial charge in [0, 0.05) is 43.5 Å². The van der Waals surface area contributed by atoms with Crippen LogP contribution in [0.4, 0.5) is 19.3 Å². The van der Waals surface area contributed by atoms with Crippen LogP contribution in [-0.4, -0.2) is 54.7 Å². The molecule has 2 heterocycles. The van der Waals surface area contributed by atoms with E-state index in [0.29, 0.717) is 30.4 Å². The highest BCUT2D eigenvalue weighted by Crippen LogP contribution is 2.27. The van der Waals surface area contributed by atoms with E-state index in [2.05, 4.69) is 27.1 Å². The Hall–Kier alpha value is -2.15. The summed E-state index contributed by atoms with van der Waals surface area (Å²) in [5.41, 5.74) is 0.982. The molecule has 0 unspecified atom stereocenters. The average molecular weight is 337 g/mol. The third-order valence-electron chi connectivity index (χ3n) is 4.56. The number of anilines is 1. The molecular formula is C17H21F2N3O2. The number of rotatable bonds is 4. The van der Waals surface area contributed by atoms with Crippen LogP contribution in [0.5, 0.6) is 5.75 Å². The second-order valence-electron chi connectivity index (χ2n) is 6.05. The zero-order valence-corrected chi connectivity index (χ0v) is 13.5. The molecule has 2 aliphatic heterocycles. The Labute approximate surface area is 139 Å². The van der Waals surface area contributed by atoms with E-state index in [1.807, 2.05) is 0 Å². The topological polar surface area (TPSA) is 44.8 Å². The second kappa shape index (κ2) is 7.17. The first kappa shape index (κ1) is 16.7. The number of nitrogens with one attached hydrogen (secondary N) is 1. The Balaban J connectivity index is 1.61. The molecule has 2 aliphatic rings. The molecule has 0 saturated carbocycles. The number of hydrogen-bond donors (Lipinski definition) is 1. The molecule has 0 bridgehead atoms. The number of amides is 2. The summed E-state index contributed by atoms with van der Waals surface area (Å²) in [7, 11) is 0. The largest absolute Gasteiger partial charge is 0.434 e. The highest BCUT2D eigenvalue weighted by atomic mass is 19.3. The first-order valence-corrected chi connectivity index (χ1v) is 8.04. The molecule has 1 atom stereocenters. The van der Waals surface area contributed by atoms with E-state index >= 15 is 0 Å². The smallest absolute Gasteiger partial charge is 0.387 e. The number of benzene rings is 1. The molecule has 1 aromatic carbocycles. The normalized spacial score (nSPS) is 20.8. The molecule has 0 aromatic heterocycles.